The summed E-state index contributed by atoms with van der Waals surface area (Å²) in [5, 5.41) is 15.6. The molecule has 1 N–H and O–H groups in total. The average Bonchev–Trinajstić information content (AvgIpc) is 3.05. The number of nitrogens with zero attached hydrogens (tertiary/aromatic N) is 2. The average molecular weight is 313 g/mol. The summed E-state index contributed by atoms with van der Waals surface area (Å²) in [6.45, 7) is 6.98. The first-order valence-electron chi connectivity index (χ1n) is 7.11. The molecule has 0 saturated carbocycles. The van der Waals surface area contributed by atoms with E-state index in [4.69, 9.17) is 11.6 Å². The minimum absolute atomic E-state index is 0.510. The molecule has 2 rings (SSSR count). The lowest BCUT2D eigenvalue weighted by atomic mass is 10.1. The normalized spacial score (nSPS) is 12.8. The molecule has 0 aliphatic heterocycles. The molecule has 0 fully saturated rings. The minimum atomic E-state index is -0.510. The van der Waals surface area contributed by atoms with E-state index in [0.29, 0.717) is 11.4 Å². The highest BCUT2D eigenvalue weighted by atomic mass is 35.5. The third-order valence-electron chi connectivity index (χ3n) is 3.44. The monoisotopic (exact) mass is 312 g/mol. The summed E-state index contributed by atoms with van der Waals surface area (Å²) in [5.41, 5.74) is 1.85. The molecule has 0 aliphatic rings. The fourth-order valence-corrected chi connectivity index (χ4v) is 3.54. The highest BCUT2D eigenvalue weighted by molar-refractivity contribution is 7.12. The van der Waals surface area contributed by atoms with E-state index in [1.807, 2.05) is 24.6 Å². The zero-order chi connectivity index (χ0) is 14.7. The van der Waals surface area contributed by atoms with Crippen molar-refractivity contribution < 1.29 is 5.11 Å². The second-order valence-corrected chi connectivity index (χ2v) is 6.33. The molecule has 3 nitrogen and oxygen atoms in total. The van der Waals surface area contributed by atoms with Crippen molar-refractivity contribution in [3.8, 4) is 0 Å². The predicted molar refractivity (Wildman–Crippen MR) is 84.6 cm³/mol. The van der Waals surface area contributed by atoms with Crippen LogP contribution in [0, 0.1) is 0 Å². The highest BCUT2D eigenvalue weighted by Gasteiger charge is 2.19. The summed E-state index contributed by atoms with van der Waals surface area (Å²) in [7, 11) is 0. The second kappa shape index (κ2) is 6.74. The van der Waals surface area contributed by atoms with Crippen LogP contribution in [-0.2, 0) is 25.8 Å². The van der Waals surface area contributed by atoms with Gasteiger partial charge in [-0.2, -0.15) is 5.10 Å². The lowest BCUT2D eigenvalue weighted by Gasteiger charge is -2.10. The summed E-state index contributed by atoms with van der Waals surface area (Å²) in [6, 6.07) is 4.09. The third-order valence-corrected chi connectivity index (χ3v) is 5.21. The molecule has 0 bridgehead atoms. The molecule has 110 valence electrons. The van der Waals surface area contributed by atoms with Crippen LogP contribution in [0.3, 0.4) is 0 Å². The van der Waals surface area contributed by atoms with Gasteiger partial charge in [0.05, 0.1) is 22.5 Å². The number of rotatable bonds is 6. The first-order valence-corrected chi connectivity index (χ1v) is 8.30. The van der Waals surface area contributed by atoms with E-state index >= 15 is 0 Å². The Bertz CT molecular complexity index is 576. The van der Waals surface area contributed by atoms with Crippen LogP contribution in [0.25, 0.3) is 0 Å². The fourth-order valence-electron chi connectivity index (χ4n) is 2.26. The maximum absolute atomic E-state index is 10.4. The van der Waals surface area contributed by atoms with E-state index < -0.39 is 6.10 Å². The topological polar surface area (TPSA) is 38.1 Å². The summed E-state index contributed by atoms with van der Waals surface area (Å²) in [4.78, 5) is 2.29. The first kappa shape index (κ1) is 15.5. The van der Waals surface area contributed by atoms with E-state index in [2.05, 4.69) is 18.1 Å². The van der Waals surface area contributed by atoms with Crippen LogP contribution >= 0.6 is 22.9 Å². The molecule has 2 aromatic heterocycles. The molecule has 0 aliphatic carbocycles. The molecule has 0 aromatic carbocycles. The minimum Gasteiger partial charge on any atom is -0.387 e. The SMILES string of the molecule is CCc1ccc(C(O)Cc2c(Cl)c(CC)nn2CC)s1. The van der Waals surface area contributed by atoms with Crippen molar-refractivity contribution in [2.45, 2.75) is 52.7 Å². The van der Waals surface area contributed by atoms with Gasteiger partial charge < -0.3 is 5.11 Å². The number of aliphatic hydroxyl groups is 1. The second-order valence-electron chi connectivity index (χ2n) is 4.75. The molecule has 5 heteroatoms. The number of hydrogen-bond donors (Lipinski definition) is 1. The van der Waals surface area contributed by atoms with E-state index in [1.54, 1.807) is 11.3 Å². The van der Waals surface area contributed by atoms with Gasteiger partial charge in [-0.3, -0.25) is 4.68 Å². The van der Waals surface area contributed by atoms with Crippen LogP contribution in [0.2, 0.25) is 5.02 Å². The maximum Gasteiger partial charge on any atom is 0.0937 e. The molecule has 20 heavy (non-hydrogen) atoms. The van der Waals surface area contributed by atoms with Crippen LogP contribution < -0.4 is 0 Å². The van der Waals surface area contributed by atoms with Crippen molar-refractivity contribution >= 4 is 22.9 Å². The van der Waals surface area contributed by atoms with Crippen LogP contribution in [0.1, 0.15) is 48.0 Å². The molecule has 0 amide bonds. The molecule has 1 unspecified atom stereocenters. The van der Waals surface area contributed by atoms with E-state index in [1.165, 1.54) is 4.88 Å². The molecule has 0 spiro atoms. The van der Waals surface area contributed by atoms with Gasteiger partial charge in [0.1, 0.15) is 0 Å². The van der Waals surface area contributed by atoms with Gasteiger partial charge in [0.2, 0.25) is 0 Å². The summed E-state index contributed by atoms with van der Waals surface area (Å²) >= 11 is 8.05. The standard InChI is InChI=1S/C15H21ClN2OS/c1-4-10-7-8-14(20-10)13(19)9-12-15(16)11(5-2)17-18(12)6-3/h7-8,13,19H,4-6,9H2,1-3H3. The van der Waals surface area contributed by atoms with Gasteiger partial charge in [0.15, 0.2) is 0 Å². The number of aromatic nitrogens is 2. The van der Waals surface area contributed by atoms with Gasteiger partial charge in [-0.05, 0) is 31.9 Å². The Balaban J connectivity index is 2.22. The van der Waals surface area contributed by atoms with Gasteiger partial charge >= 0.3 is 0 Å². The Kier molecular flexibility index (Phi) is 5.24. The van der Waals surface area contributed by atoms with E-state index in [-0.39, 0.29) is 0 Å². The Labute approximate surface area is 129 Å². The number of thiophene rings is 1. The lowest BCUT2D eigenvalue weighted by Crippen LogP contribution is -2.08. The lowest BCUT2D eigenvalue weighted by molar-refractivity contribution is 0.179. The van der Waals surface area contributed by atoms with Crippen LogP contribution in [0.5, 0.6) is 0 Å². The molecular weight excluding hydrogens is 292 g/mol. The van der Waals surface area contributed by atoms with E-state index in [9.17, 15) is 5.11 Å². The Morgan fingerprint density at radius 3 is 2.60 bits per heavy atom. The van der Waals surface area contributed by atoms with Crippen LogP contribution in [-0.4, -0.2) is 14.9 Å². The van der Waals surface area contributed by atoms with Gasteiger partial charge in [-0.25, -0.2) is 0 Å². The predicted octanol–water partition coefficient (Wildman–Crippen LogP) is 4.02. The van der Waals surface area contributed by atoms with E-state index in [0.717, 1.165) is 35.7 Å². The molecule has 2 aromatic rings. The molecule has 0 radical (unpaired) electrons. The zero-order valence-corrected chi connectivity index (χ0v) is 13.8. The number of aryl methyl sites for hydroxylation is 3. The van der Waals surface area contributed by atoms with Crippen LogP contribution in [0.15, 0.2) is 12.1 Å². The van der Waals surface area contributed by atoms with Gasteiger partial charge in [-0.15, -0.1) is 11.3 Å². The molecular formula is C15H21ClN2OS. The van der Waals surface area contributed by atoms with Gasteiger partial charge in [-0.1, -0.05) is 25.4 Å². The number of aliphatic hydroxyl groups excluding tert-OH is 1. The number of hydrogen-bond acceptors (Lipinski definition) is 3. The fraction of sp³-hybridized carbons (Fsp3) is 0.533. The Morgan fingerprint density at radius 1 is 1.30 bits per heavy atom. The smallest absolute Gasteiger partial charge is 0.0937 e. The third kappa shape index (κ3) is 3.08. The first-order chi connectivity index (χ1) is 9.60. The summed E-state index contributed by atoms with van der Waals surface area (Å²) < 4.78 is 1.90. The highest BCUT2D eigenvalue weighted by Crippen LogP contribution is 2.30. The molecule has 2 heterocycles. The van der Waals surface area contributed by atoms with Gasteiger partial charge in [0, 0.05) is 22.7 Å². The van der Waals surface area contributed by atoms with Gasteiger partial charge in [0.25, 0.3) is 0 Å². The Hall–Kier alpha value is -0.840. The summed E-state index contributed by atoms with van der Waals surface area (Å²) in [6.07, 6.45) is 1.83. The molecule has 0 saturated heterocycles. The van der Waals surface area contributed by atoms with Crippen LogP contribution in [0.4, 0.5) is 0 Å². The summed E-state index contributed by atoms with van der Waals surface area (Å²) in [5.74, 6) is 0. The van der Waals surface area contributed by atoms with Crippen molar-refractivity contribution in [1.29, 1.82) is 0 Å². The zero-order valence-electron chi connectivity index (χ0n) is 12.2. The van der Waals surface area contributed by atoms with Crippen molar-refractivity contribution in [3.05, 3.63) is 38.3 Å². The van der Waals surface area contributed by atoms with Crippen molar-refractivity contribution in [2.75, 3.05) is 0 Å². The number of halogens is 1. The molecule has 1 atom stereocenters. The largest absolute Gasteiger partial charge is 0.387 e. The maximum atomic E-state index is 10.4. The quantitative estimate of drug-likeness (QED) is 0.875. The van der Waals surface area contributed by atoms with Crippen molar-refractivity contribution in [1.82, 2.24) is 9.78 Å². The Morgan fingerprint density at radius 2 is 2.05 bits per heavy atom. The van der Waals surface area contributed by atoms with Crippen molar-refractivity contribution in [3.63, 3.8) is 0 Å². The van der Waals surface area contributed by atoms with Crippen molar-refractivity contribution in [2.24, 2.45) is 0 Å².